The molecule has 0 fully saturated rings. The molecule has 0 saturated heterocycles. The van der Waals surface area contributed by atoms with E-state index in [1.807, 2.05) is 12.1 Å². The van der Waals surface area contributed by atoms with Crippen molar-refractivity contribution >= 4 is 5.69 Å². The van der Waals surface area contributed by atoms with Gasteiger partial charge in [0.25, 0.3) is 0 Å². The number of rotatable bonds is 5. The van der Waals surface area contributed by atoms with Crippen LogP contribution in [0.5, 0.6) is 0 Å². The van der Waals surface area contributed by atoms with Crippen LogP contribution < -0.4 is 5.32 Å². The highest BCUT2D eigenvalue weighted by molar-refractivity contribution is 5.46. The van der Waals surface area contributed by atoms with Gasteiger partial charge in [-0.3, -0.25) is 0 Å². The molecule has 0 aromatic heterocycles. The Hall–Kier alpha value is -1.83. The van der Waals surface area contributed by atoms with Crippen LogP contribution in [0.1, 0.15) is 37.4 Å². The molecule has 0 bridgehead atoms. The maximum absolute atomic E-state index is 12.9. The molecule has 0 radical (unpaired) electrons. The fourth-order valence-corrected chi connectivity index (χ4v) is 2.15. The van der Waals surface area contributed by atoms with E-state index < -0.39 is 0 Å². The molecule has 0 amide bonds. The fraction of sp³-hybridized carbons (Fsp3) is 0.294. The molecule has 0 aliphatic heterocycles. The van der Waals surface area contributed by atoms with Gasteiger partial charge >= 0.3 is 0 Å². The van der Waals surface area contributed by atoms with Gasteiger partial charge in [-0.2, -0.15) is 0 Å². The van der Waals surface area contributed by atoms with Gasteiger partial charge in [0.05, 0.1) is 6.04 Å². The SMILES string of the molecule is CCc1ccc(NC(CC)c2ccc(F)cc2)cc1. The number of nitrogens with one attached hydrogen (secondary N) is 1. The molecule has 100 valence electrons. The summed E-state index contributed by atoms with van der Waals surface area (Å²) < 4.78 is 12.9. The predicted octanol–water partition coefficient (Wildman–Crippen LogP) is 4.95. The fourth-order valence-electron chi connectivity index (χ4n) is 2.15. The molecule has 0 aliphatic rings. The summed E-state index contributed by atoms with van der Waals surface area (Å²) in [6, 6.07) is 15.4. The zero-order valence-electron chi connectivity index (χ0n) is 11.5. The zero-order chi connectivity index (χ0) is 13.7. The van der Waals surface area contributed by atoms with Crippen molar-refractivity contribution in [1.29, 1.82) is 0 Å². The summed E-state index contributed by atoms with van der Waals surface area (Å²) in [6.45, 7) is 4.28. The number of halogens is 1. The highest BCUT2D eigenvalue weighted by Gasteiger charge is 2.08. The van der Waals surface area contributed by atoms with E-state index in [-0.39, 0.29) is 11.9 Å². The van der Waals surface area contributed by atoms with Crippen LogP contribution in [0, 0.1) is 5.82 Å². The first-order valence-electron chi connectivity index (χ1n) is 6.84. The summed E-state index contributed by atoms with van der Waals surface area (Å²) in [5.74, 6) is -0.189. The van der Waals surface area contributed by atoms with Crippen LogP contribution >= 0.6 is 0 Å². The van der Waals surface area contributed by atoms with E-state index in [2.05, 4.69) is 43.4 Å². The van der Waals surface area contributed by atoms with E-state index in [4.69, 9.17) is 0 Å². The van der Waals surface area contributed by atoms with Gasteiger partial charge < -0.3 is 5.32 Å². The third kappa shape index (κ3) is 3.57. The van der Waals surface area contributed by atoms with Crippen LogP contribution in [0.25, 0.3) is 0 Å². The standard InChI is InChI=1S/C17H20FN/c1-3-13-5-11-16(12-6-13)19-17(4-2)14-7-9-15(18)10-8-14/h5-12,17,19H,3-4H2,1-2H3. The van der Waals surface area contributed by atoms with Crippen molar-refractivity contribution in [3.63, 3.8) is 0 Å². The molecular formula is C17H20FN. The minimum absolute atomic E-state index is 0.189. The largest absolute Gasteiger partial charge is 0.378 e. The number of anilines is 1. The second-order valence-corrected chi connectivity index (χ2v) is 4.71. The summed E-state index contributed by atoms with van der Waals surface area (Å²) >= 11 is 0. The molecule has 2 aromatic rings. The van der Waals surface area contributed by atoms with Crippen molar-refractivity contribution in [3.8, 4) is 0 Å². The molecular weight excluding hydrogens is 237 g/mol. The molecule has 0 heterocycles. The zero-order valence-corrected chi connectivity index (χ0v) is 11.5. The Morgan fingerprint density at radius 3 is 2.11 bits per heavy atom. The number of aryl methyl sites for hydroxylation is 1. The first-order valence-corrected chi connectivity index (χ1v) is 6.84. The second-order valence-electron chi connectivity index (χ2n) is 4.71. The molecule has 1 unspecified atom stereocenters. The van der Waals surface area contributed by atoms with Gasteiger partial charge in [-0.1, -0.05) is 38.1 Å². The van der Waals surface area contributed by atoms with Crippen molar-refractivity contribution in [1.82, 2.24) is 0 Å². The second kappa shape index (κ2) is 6.37. The molecule has 0 aliphatic carbocycles. The van der Waals surface area contributed by atoms with Crippen molar-refractivity contribution < 1.29 is 4.39 Å². The highest BCUT2D eigenvalue weighted by atomic mass is 19.1. The predicted molar refractivity (Wildman–Crippen MR) is 78.9 cm³/mol. The van der Waals surface area contributed by atoms with E-state index >= 15 is 0 Å². The molecule has 0 saturated carbocycles. The first-order chi connectivity index (χ1) is 9.22. The lowest BCUT2D eigenvalue weighted by molar-refractivity contribution is 0.625. The van der Waals surface area contributed by atoms with Crippen molar-refractivity contribution in [2.75, 3.05) is 5.32 Å². The van der Waals surface area contributed by atoms with Gasteiger partial charge in [-0.15, -0.1) is 0 Å². The van der Waals surface area contributed by atoms with Crippen molar-refractivity contribution in [2.24, 2.45) is 0 Å². The van der Waals surface area contributed by atoms with Gasteiger partial charge in [0.15, 0.2) is 0 Å². The first kappa shape index (κ1) is 13.6. The van der Waals surface area contributed by atoms with Crippen LogP contribution in [-0.2, 0) is 6.42 Å². The normalized spacial score (nSPS) is 12.2. The van der Waals surface area contributed by atoms with Crippen molar-refractivity contribution in [3.05, 3.63) is 65.5 Å². The van der Waals surface area contributed by atoms with Gasteiger partial charge in [-0.25, -0.2) is 4.39 Å². The Bertz CT molecular complexity index is 502. The van der Waals surface area contributed by atoms with Crippen LogP contribution in [0.2, 0.25) is 0 Å². The van der Waals surface area contributed by atoms with Gasteiger partial charge in [0.1, 0.15) is 5.82 Å². The van der Waals surface area contributed by atoms with E-state index in [0.717, 1.165) is 24.1 Å². The Balaban J connectivity index is 2.11. The van der Waals surface area contributed by atoms with Gasteiger partial charge in [0, 0.05) is 5.69 Å². The lowest BCUT2D eigenvalue weighted by atomic mass is 10.0. The average molecular weight is 257 g/mol. The monoisotopic (exact) mass is 257 g/mol. The summed E-state index contributed by atoms with van der Waals surface area (Å²) in [6.07, 6.45) is 2.01. The topological polar surface area (TPSA) is 12.0 Å². The molecule has 1 nitrogen and oxygen atoms in total. The Labute approximate surface area is 114 Å². The molecule has 0 spiro atoms. The summed E-state index contributed by atoms with van der Waals surface area (Å²) in [5.41, 5.74) is 3.55. The molecule has 2 heteroatoms. The molecule has 1 N–H and O–H groups in total. The van der Waals surface area contributed by atoms with Crippen LogP contribution in [0.15, 0.2) is 48.5 Å². The lowest BCUT2D eigenvalue weighted by Crippen LogP contribution is -2.09. The molecule has 19 heavy (non-hydrogen) atoms. The quantitative estimate of drug-likeness (QED) is 0.799. The van der Waals surface area contributed by atoms with E-state index in [0.29, 0.717) is 0 Å². The highest BCUT2D eigenvalue weighted by Crippen LogP contribution is 2.23. The Morgan fingerprint density at radius 1 is 0.947 bits per heavy atom. The minimum atomic E-state index is -0.189. The van der Waals surface area contributed by atoms with Crippen molar-refractivity contribution in [2.45, 2.75) is 32.7 Å². The average Bonchev–Trinajstić information content (AvgIpc) is 2.46. The van der Waals surface area contributed by atoms with Gasteiger partial charge in [0.2, 0.25) is 0 Å². The number of benzene rings is 2. The lowest BCUT2D eigenvalue weighted by Gasteiger charge is -2.19. The third-order valence-corrected chi connectivity index (χ3v) is 3.38. The smallest absolute Gasteiger partial charge is 0.123 e. The van der Waals surface area contributed by atoms with E-state index in [1.165, 1.54) is 17.7 Å². The van der Waals surface area contributed by atoms with Crippen LogP contribution in [0.3, 0.4) is 0 Å². The Morgan fingerprint density at radius 2 is 1.58 bits per heavy atom. The molecule has 2 rings (SSSR count). The minimum Gasteiger partial charge on any atom is -0.378 e. The number of hydrogen-bond donors (Lipinski definition) is 1. The maximum atomic E-state index is 12.9. The summed E-state index contributed by atoms with van der Waals surface area (Å²) in [5, 5.41) is 3.49. The van der Waals surface area contributed by atoms with Crippen LogP contribution in [0.4, 0.5) is 10.1 Å². The van der Waals surface area contributed by atoms with E-state index in [9.17, 15) is 4.39 Å². The van der Waals surface area contributed by atoms with Crippen LogP contribution in [-0.4, -0.2) is 0 Å². The maximum Gasteiger partial charge on any atom is 0.123 e. The molecule has 1 atom stereocenters. The Kier molecular flexibility index (Phi) is 4.56. The summed E-state index contributed by atoms with van der Waals surface area (Å²) in [7, 11) is 0. The van der Waals surface area contributed by atoms with Gasteiger partial charge in [-0.05, 0) is 48.2 Å². The summed E-state index contributed by atoms with van der Waals surface area (Å²) in [4.78, 5) is 0. The molecule has 2 aromatic carbocycles. The number of hydrogen-bond acceptors (Lipinski definition) is 1. The van der Waals surface area contributed by atoms with E-state index in [1.54, 1.807) is 0 Å². The third-order valence-electron chi connectivity index (χ3n) is 3.38.